The van der Waals surface area contributed by atoms with E-state index in [9.17, 15) is 0 Å². The summed E-state index contributed by atoms with van der Waals surface area (Å²) in [5, 5.41) is 7.24. The minimum atomic E-state index is -0.0208. The Kier molecular flexibility index (Phi) is 6.96. The first-order valence-electron chi connectivity index (χ1n) is 4.90. The van der Waals surface area contributed by atoms with E-state index in [0.29, 0.717) is 0 Å². The van der Waals surface area contributed by atoms with Crippen LogP contribution in [0, 0.1) is 0 Å². The molecule has 0 fully saturated rings. The summed E-state index contributed by atoms with van der Waals surface area (Å²) in [5.41, 5.74) is 12.8. The molecular formula is C11H17ClN4. The Labute approximate surface area is 102 Å². The highest BCUT2D eigenvalue weighted by Crippen LogP contribution is 2.04. The minimum Gasteiger partial charge on any atom is -0.369 e. The average molecular weight is 241 g/mol. The predicted octanol–water partition coefficient (Wildman–Crippen LogP) is 1.47. The molecule has 1 rings (SSSR count). The van der Waals surface area contributed by atoms with Gasteiger partial charge in [0, 0.05) is 12.6 Å². The molecule has 0 heterocycles. The largest absolute Gasteiger partial charge is 0.369 e. The monoisotopic (exact) mass is 240 g/mol. The molecule has 0 atom stereocenters. The second-order valence-electron chi connectivity index (χ2n) is 3.20. The molecule has 4 nitrogen and oxygen atoms in total. The van der Waals surface area contributed by atoms with E-state index in [1.807, 2.05) is 0 Å². The topological polar surface area (TPSA) is 76.8 Å². The number of aryl methyl sites for hydroxylation is 1. The lowest BCUT2D eigenvalue weighted by Crippen LogP contribution is -2.21. The van der Waals surface area contributed by atoms with Crippen LogP contribution in [0.2, 0.25) is 0 Å². The number of halogens is 1. The Balaban J connectivity index is 0.00000225. The fourth-order valence-corrected chi connectivity index (χ4v) is 1.16. The highest BCUT2D eigenvalue weighted by atomic mass is 35.5. The molecule has 0 bridgehead atoms. The third-order valence-corrected chi connectivity index (χ3v) is 2.01. The van der Waals surface area contributed by atoms with Gasteiger partial charge in [-0.25, -0.2) is 0 Å². The summed E-state index contributed by atoms with van der Waals surface area (Å²) in [6.45, 7) is 2.13. The molecule has 0 aliphatic heterocycles. The zero-order chi connectivity index (χ0) is 11.1. The Hall–Kier alpha value is -1.55. The number of nitrogens with two attached hydrogens (primary N) is 2. The molecule has 0 aromatic heterocycles. The lowest BCUT2D eigenvalue weighted by atomic mass is 10.1. The van der Waals surface area contributed by atoms with Gasteiger partial charge in [0.05, 0.1) is 0 Å². The average Bonchev–Trinajstić information content (AvgIpc) is 2.25. The Morgan fingerprint density at radius 3 is 2.25 bits per heavy atom. The van der Waals surface area contributed by atoms with E-state index in [1.165, 1.54) is 11.1 Å². The third-order valence-electron chi connectivity index (χ3n) is 2.01. The van der Waals surface area contributed by atoms with E-state index < -0.39 is 0 Å². The van der Waals surface area contributed by atoms with Crippen molar-refractivity contribution in [1.82, 2.24) is 0 Å². The van der Waals surface area contributed by atoms with Crippen LogP contribution in [0.5, 0.6) is 0 Å². The number of hydrogen-bond acceptors (Lipinski definition) is 2. The summed E-state index contributed by atoms with van der Waals surface area (Å²) >= 11 is 0. The van der Waals surface area contributed by atoms with Crippen LogP contribution in [0.4, 0.5) is 0 Å². The van der Waals surface area contributed by atoms with Gasteiger partial charge >= 0.3 is 0 Å². The van der Waals surface area contributed by atoms with Crippen LogP contribution in [0.3, 0.4) is 0 Å². The lowest BCUT2D eigenvalue weighted by Gasteiger charge is -1.98. The fraction of sp³-hybridized carbons (Fsp3) is 0.273. The summed E-state index contributed by atoms with van der Waals surface area (Å²) in [6.07, 6.45) is 3.48. The SMILES string of the molecule is CCc1ccc(CC=NN=C(N)N)cc1.Cl. The van der Waals surface area contributed by atoms with Crippen LogP contribution in [0.15, 0.2) is 34.5 Å². The first kappa shape index (κ1) is 14.5. The Bertz CT molecular complexity index is 353. The lowest BCUT2D eigenvalue weighted by molar-refractivity contribution is 1.13. The van der Waals surface area contributed by atoms with Crippen molar-refractivity contribution < 1.29 is 0 Å². The van der Waals surface area contributed by atoms with Crippen molar-refractivity contribution in [2.75, 3.05) is 0 Å². The molecule has 0 unspecified atom stereocenters. The van der Waals surface area contributed by atoms with Gasteiger partial charge in [0.1, 0.15) is 0 Å². The van der Waals surface area contributed by atoms with Crippen molar-refractivity contribution in [1.29, 1.82) is 0 Å². The molecule has 4 N–H and O–H groups in total. The van der Waals surface area contributed by atoms with Gasteiger partial charge in [0.15, 0.2) is 0 Å². The molecule has 0 saturated carbocycles. The summed E-state index contributed by atoms with van der Waals surface area (Å²) in [4.78, 5) is 0. The standard InChI is InChI=1S/C11H16N4.ClH/c1-2-9-3-5-10(6-4-9)7-8-14-15-11(12)13;/h3-6,8H,2,7H2,1H3,(H4,12,13,15);1H. The predicted molar refractivity (Wildman–Crippen MR) is 71.1 cm³/mol. The van der Waals surface area contributed by atoms with E-state index in [1.54, 1.807) is 6.21 Å². The summed E-state index contributed by atoms with van der Waals surface area (Å²) < 4.78 is 0. The van der Waals surface area contributed by atoms with E-state index >= 15 is 0 Å². The normalized spacial score (nSPS) is 9.81. The first-order valence-corrected chi connectivity index (χ1v) is 4.90. The van der Waals surface area contributed by atoms with Crippen molar-refractivity contribution in [3.05, 3.63) is 35.4 Å². The third kappa shape index (κ3) is 5.36. The van der Waals surface area contributed by atoms with Crippen LogP contribution in [0.1, 0.15) is 18.1 Å². The zero-order valence-corrected chi connectivity index (χ0v) is 10.1. The second-order valence-corrected chi connectivity index (χ2v) is 3.20. The molecule has 0 saturated heterocycles. The molecule has 1 aromatic carbocycles. The van der Waals surface area contributed by atoms with Crippen molar-refractivity contribution in [2.24, 2.45) is 21.7 Å². The van der Waals surface area contributed by atoms with Crippen LogP contribution < -0.4 is 11.5 Å². The first-order chi connectivity index (χ1) is 7.22. The van der Waals surface area contributed by atoms with Gasteiger partial charge in [-0.05, 0) is 17.5 Å². The van der Waals surface area contributed by atoms with E-state index in [4.69, 9.17) is 11.5 Å². The van der Waals surface area contributed by atoms with Crippen molar-refractivity contribution >= 4 is 24.6 Å². The molecule has 5 heteroatoms. The Morgan fingerprint density at radius 2 is 1.75 bits per heavy atom. The molecule has 0 amide bonds. The van der Waals surface area contributed by atoms with Crippen LogP contribution >= 0.6 is 12.4 Å². The number of hydrogen-bond donors (Lipinski definition) is 2. The van der Waals surface area contributed by atoms with Gasteiger partial charge in [-0.15, -0.1) is 17.5 Å². The zero-order valence-electron chi connectivity index (χ0n) is 9.26. The van der Waals surface area contributed by atoms with Gasteiger partial charge < -0.3 is 11.5 Å². The van der Waals surface area contributed by atoms with E-state index in [0.717, 1.165) is 12.8 Å². The molecule has 0 aliphatic carbocycles. The number of benzene rings is 1. The summed E-state index contributed by atoms with van der Waals surface area (Å²) in [7, 11) is 0. The number of guanidine groups is 1. The fourth-order valence-electron chi connectivity index (χ4n) is 1.16. The molecule has 0 spiro atoms. The maximum atomic E-state index is 5.12. The van der Waals surface area contributed by atoms with Crippen molar-refractivity contribution in [3.8, 4) is 0 Å². The van der Waals surface area contributed by atoms with Crippen LogP contribution in [-0.4, -0.2) is 12.2 Å². The second kappa shape index (κ2) is 7.70. The highest BCUT2D eigenvalue weighted by Gasteiger charge is 1.90. The van der Waals surface area contributed by atoms with Gasteiger partial charge in [-0.3, -0.25) is 0 Å². The molecule has 0 radical (unpaired) electrons. The van der Waals surface area contributed by atoms with Crippen molar-refractivity contribution in [3.63, 3.8) is 0 Å². The maximum absolute atomic E-state index is 5.12. The molecule has 0 aliphatic rings. The van der Waals surface area contributed by atoms with Crippen LogP contribution in [-0.2, 0) is 12.8 Å². The van der Waals surface area contributed by atoms with Gasteiger partial charge in [0.2, 0.25) is 5.96 Å². The number of nitrogens with zero attached hydrogens (tertiary/aromatic N) is 2. The highest BCUT2D eigenvalue weighted by molar-refractivity contribution is 5.85. The smallest absolute Gasteiger partial charge is 0.211 e. The molecule has 88 valence electrons. The van der Waals surface area contributed by atoms with Gasteiger partial charge in [0.25, 0.3) is 0 Å². The Morgan fingerprint density at radius 1 is 1.19 bits per heavy atom. The van der Waals surface area contributed by atoms with E-state index in [2.05, 4.69) is 41.4 Å². The van der Waals surface area contributed by atoms with Crippen molar-refractivity contribution in [2.45, 2.75) is 19.8 Å². The quantitative estimate of drug-likeness (QED) is 0.475. The molecular weight excluding hydrogens is 224 g/mol. The van der Waals surface area contributed by atoms with Gasteiger partial charge in [-0.2, -0.15) is 5.10 Å². The minimum absolute atomic E-state index is 0. The van der Waals surface area contributed by atoms with Crippen LogP contribution in [0.25, 0.3) is 0 Å². The molecule has 1 aromatic rings. The summed E-state index contributed by atoms with van der Waals surface area (Å²) in [6, 6.07) is 8.40. The maximum Gasteiger partial charge on any atom is 0.211 e. The van der Waals surface area contributed by atoms with E-state index in [-0.39, 0.29) is 18.4 Å². The molecule has 16 heavy (non-hydrogen) atoms. The number of rotatable bonds is 4. The van der Waals surface area contributed by atoms with Gasteiger partial charge in [-0.1, -0.05) is 31.2 Å². The summed E-state index contributed by atoms with van der Waals surface area (Å²) in [5.74, 6) is -0.0208.